The highest BCUT2D eigenvalue weighted by Crippen LogP contribution is 2.03. The van der Waals surface area contributed by atoms with E-state index in [4.69, 9.17) is 0 Å². The minimum absolute atomic E-state index is 0.203. The number of nitrogens with one attached hydrogen (secondary N) is 1. The molecule has 2 aromatic rings. The van der Waals surface area contributed by atoms with E-state index in [1.165, 1.54) is 0 Å². The number of hydrogen-bond acceptors (Lipinski definition) is 3. The molecule has 4 nitrogen and oxygen atoms in total. The van der Waals surface area contributed by atoms with Gasteiger partial charge >= 0.3 is 5.69 Å². The standard InChI is InChI=1S/C13H15N3O/c1-11-9-15-13(17)16(10-11)8-7-14-12-5-3-2-4-6-12/h2-6,9-10,14H,7-8H2,1H3. The quantitative estimate of drug-likeness (QED) is 0.867. The fraction of sp³-hybridized carbons (Fsp3) is 0.231. The molecule has 0 unspecified atom stereocenters. The molecule has 0 bridgehead atoms. The Morgan fingerprint density at radius 1 is 1.29 bits per heavy atom. The minimum Gasteiger partial charge on any atom is -0.383 e. The Kier molecular flexibility index (Phi) is 3.55. The van der Waals surface area contributed by atoms with Crippen molar-refractivity contribution in [2.75, 3.05) is 11.9 Å². The first kappa shape index (κ1) is 11.4. The van der Waals surface area contributed by atoms with Crippen LogP contribution in [0.25, 0.3) is 0 Å². The minimum atomic E-state index is -0.203. The molecule has 0 radical (unpaired) electrons. The third-order valence-electron chi connectivity index (χ3n) is 2.44. The van der Waals surface area contributed by atoms with Crippen LogP contribution in [0.4, 0.5) is 5.69 Å². The van der Waals surface area contributed by atoms with E-state index in [1.807, 2.05) is 43.5 Å². The van der Waals surface area contributed by atoms with Crippen molar-refractivity contribution in [1.29, 1.82) is 0 Å². The zero-order chi connectivity index (χ0) is 12.1. The van der Waals surface area contributed by atoms with Crippen LogP contribution in [0.5, 0.6) is 0 Å². The second-order valence-corrected chi connectivity index (χ2v) is 3.90. The summed E-state index contributed by atoms with van der Waals surface area (Å²) in [6, 6.07) is 9.92. The highest BCUT2D eigenvalue weighted by molar-refractivity contribution is 5.42. The van der Waals surface area contributed by atoms with E-state index >= 15 is 0 Å². The highest BCUT2D eigenvalue weighted by Gasteiger charge is 1.97. The molecule has 0 amide bonds. The molecular weight excluding hydrogens is 214 g/mol. The fourth-order valence-corrected chi connectivity index (χ4v) is 1.60. The molecular formula is C13H15N3O. The molecule has 1 N–H and O–H groups in total. The third kappa shape index (κ3) is 3.17. The van der Waals surface area contributed by atoms with Crippen LogP contribution < -0.4 is 11.0 Å². The Bertz CT molecular complexity index is 534. The smallest absolute Gasteiger partial charge is 0.347 e. The molecule has 1 aromatic heterocycles. The van der Waals surface area contributed by atoms with Crippen LogP contribution in [-0.2, 0) is 6.54 Å². The largest absolute Gasteiger partial charge is 0.383 e. The average molecular weight is 229 g/mol. The summed E-state index contributed by atoms with van der Waals surface area (Å²) >= 11 is 0. The first-order chi connectivity index (χ1) is 8.25. The van der Waals surface area contributed by atoms with Gasteiger partial charge in [-0.25, -0.2) is 9.78 Å². The Labute approximate surface area is 99.9 Å². The van der Waals surface area contributed by atoms with Crippen molar-refractivity contribution in [3.63, 3.8) is 0 Å². The first-order valence-electron chi connectivity index (χ1n) is 5.58. The number of rotatable bonds is 4. The molecule has 2 rings (SSSR count). The molecule has 1 aromatic carbocycles. The molecule has 17 heavy (non-hydrogen) atoms. The lowest BCUT2D eigenvalue weighted by Crippen LogP contribution is -2.25. The molecule has 0 aliphatic rings. The number of anilines is 1. The molecule has 0 atom stereocenters. The van der Waals surface area contributed by atoms with Crippen LogP contribution in [0.15, 0.2) is 47.5 Å². The monoisotopic (exact) mass is 229 g/mol. The average Bonchev–Trinajstić information content (AvgIpc) is 2.35. The molecule has 4 heteroatoms. The molecule has 0 fully saturated rings. The zero-order valence-electron chi connectivity index (χ0n) is 9.76. The van der Waals surface area contributed by atoms with Gasteiger partial charge in [-0.1, -0.05) is 18.2 Å². The third-order valence-corrected chi connectivity index (χ3v) is 2.44. The van der Waals surface area contributed by atoms with Crippen LogP contribution in [0, 0.1) is 6.92 Å². The summed E-state index contributed by atoms with van der Waals surface area (Å²) < 4.78 is 1.62. The predicted octanol–water partition coefficient (Wildman–Crippen LogP) is 1.66. The molecule has 0 saturated carbocycles. The molecule has 88 valence electrons. The second kappa shape index (κ2) is 5.30. The lowest BCUT2D eigenvalue weighted by Gasteiger charge is -2.08. The number of para-hydroxylation sites is 1. The Morgan fingerprint density at radius 2 is 2.06 bits per heavy atom. The normalized spacial score (nSPS) is 10.2. The van der Waals surface area contributed by atoms with Crippen molar-refractivity contribution in [3.8, 4) is 0 Å². The van der Waals surface area contributed by atoms with Gasteiger partial charge in [-0.15, -0.1) is 0 Å². The van der Waals surface area contributed by atoms with Gasteiger partial charge in [0.05, 0.1) is 0 Å². The predicted molar refractivity (Wildman–Crippen MR) is 68.2 cm³/mol. The van der Waals surface area contributed by atoms with Crippen LogP contribution in [0.2, 0.25) is 0 Å². The van der Waals surface area contributed by atoms with Gasteiger partial charge in [0.1, 0.15) is 0 Å². The van der Waals surface area contributed by atoms with Crippen molar-refractivity contribution in [1.82, 2.24) is 9.55 Å². The van der Waals surface area contributed by atoms with E-state index in [0.717, 1.165) is 11.3 Å². The zero-order valence-corrected chi connectivity index (χ0v) is 9.76. The van der Waals surface area contributed by atoms with Gasteiger partial charge in [0.2, 0.25) is 0 Å². The topological polar surface area (TPSA) is 46.9 Å². The number of nitrogens with zero attached hydrogens (tertiary/aromatic N) is 2. The van der Waals surface area contributed by atoms with Crippen molar-refractivity contribution in [2.45, 2.75) is 13.5 Å². The maximum atomic E-state index is 11.4. The Balaban J connectivity index is 1.94. The van der Waals surface area contributed by atoms with Gasteiger partial charge in [0, 0.05) is 31.2 Å². The van der Waals surface area contributed by atoms with Crippen molar-refractivity contribution < 1.29 is 0 Å². The summed E-state index contributed by atoms with van der Waals surface area (Å²) in [7, 11) is 0. The summed E-state index contributed by atoms with van der Waals surface area (Å²) in [5, 5.41) is 3.25. The van der Waals surface area contributed by atoms with Crippen molar-refractivity contribution in [2.24, 2.45) is 0 Å². The molecule has 1 heterocycles. The Morgan fingerprint density at radius 3 is 2.82 bits per heavy atom. The van der Waals surface area contributed by atoms with E-state index in [1.54, 1.807) is 10.8 Å². The molecule has 0 saturated heterocycles. The molecule has 0 aliphatic heterocycles. The fourth-order valence-electron chi connectivity index (χ4n) is 1.60. The van der Waals surface area contributed by atoms with E-state index in [2.05, 4.69) is 10.3 Å². The molecule has 0 spiro atoms. The van der Waals surface area contributed by atoms with Crippen molar-refractivity contribution in [3.05, 3.63) is 58.8 Å². The summed E-state index contributed by atoms with van der Waals surface area (Å²) in [5.74, 6) is 0. The summed E-state index contributed by atoms with van der Waals surface area (Å²) in [4.78, 5) is 15.2. The summed E-state index contributed by atoms with van der Waals surface area (Å²) in [6.45, 7) is 3.24. The van der Waals surface area contributed by atoms with Gasteiger partial charge in [-0.05, 0) is 24.6 Å². The number of aromatic nitrogens is 2. The number of hydrogen-bond donors (Lipinski definition) is 1. The van der Waals surface area contributed by atoms with Gasteiger partial charge < -0.3 is 5.32 Å². The second-order valence-electron chi connectivity index (χ2n) is 3.90. The lowest BCUT2D eigenvalue weighted by atomic mass is 10.3. The van der Waals surface area contributed by atoms with Gasteiger partial charge in [-0.3, -0.25) is 4.57 Å². The van der Waals surface area contributed by atoms with E-state index in [-0.39, 0.29) is 5.69 Å². The van der Waals surface area contributed by atoms with E-state index in [0.29, 0.717) is 13.1 Å². The highest BCUT2D eigenvalue weighted by atomic mass is 16.1. The number of benzene rings is 1. The molecule has 0 aliphatic carbocycles. The van der Waals surface area contributed by atoms with Gasteiger partial charge in [-0.2, -0.15) is 0 Å². The first-order valence-corrected chi connectivity index (χ1v) is 5.58. The maximum absolute atomic E-state index is 11.4. The van der Waals surface area contributed by atoms with E-state index < -0.39 is 0 Å². The SMILES string of the molecule is Cc1cnc(=O)n(CCNc2ccccc2)c1. The Hall–Kier alpha value is -2.10. The van der Waals surface area contributed by atoms with Gasteiger partial charge in [0.25, 0.3) is 0 Å². The van der Waals surface area contributed by atoms with Crippen LogP contribution in [0.1, 0.15) is 5.56 Å². The lowest BCUT2D eigenvalue weighted by molar-refractivity contribution is 0.669. The van der Waals surface area contributed by atoms with E-state index in [9.17, 15) is 4.79 Å². The van der Waals surface area contributed by atoms with Gasteiger partial charge in [0.15, 0.2) is 0 Å². The van der Waals surface area contributed by atoms with Crippen LogP contribution in [0.3, 0.4) is 0 Å². The number of aryl methyl sites for hydroxylation is 1. The van der Waals surface area contributed by atoms with Crippen LogP contribution >= 0.6 is 0 Å². The van der Waals surface area contributed by atoms with Crippen molar-refractivity contribution >= 4 is 5.69 Å². The maximum Gasteiger partial charge on any atom is 0.347 e. The summed E-state index contributed by atoms with van der Waals surface area (Å²) in [5.41, 5.74) is 1.84. The van der Waals surface area contributed by atoms with Crippen LogP contribution in [-0.4, -0.2) is 16.1 Å². The summed E-state index contributed by atoms with van der Waals surface area (Å²) in [6.07, 6.45) is 3.41.